The molecule has 0 saturated heterocycles. The fourth-order valence-corrected chi connectivity index (χ4v) is 3.84. The predicted molar refractivity (Wildman–Crippen MR) is 90.5 cm³/mol. The van der Waals surface area contributed by atoms with Gasteiger partial charge in [0.05, 0.1) is 18.5 Å². The first-order valence-corrected chi connectivity index (χ1v) is 9.10. The summed E-state index contributed by atoms with van der Waals surface area (Å²) in [6.45, 7) is 0.287. The summed E-state index contributed by atoms with van der Waals surface area (Å²) in [5, 5.41) is 4.18. The molecule has 24 heavy (non-hydrogen) atoms. The molecule has 0 amide bonds. The van der Waals surface area contributed by atoms with Gasteiger partial charge in [-0.05, 0) is 17.2 Å². The maximum Gasteiger partial charge on any atom is 0.235 e. The van der Waals surface area contributed by atoms with E-state index in [1.54, 1.807) is 23.0 Å². The zero-order chi connectivity index (χ0) is 16.7. The van der Waals surface area contributed by atoms with Gasteiger partial charge in [0.2, 0.25) is 10.0 Å². The van der Waals surface area contributed by atoms with Gasteiger partial charge in [-0.15, -0.1) is 0 Å². The van der Waals surface area contributed by atoms with Crippen LogP contribution in [0.25, 0.3) is 22.3 Å². The van der Waals surface area contributed by atoms with Crippen molar-refractivity contribution in [2.45, 2.75) is 6.54 Å². The summed E-state index contributed by atoms with van der Waals surface area (Å²) in [6.07, 6.45) is 1.56. The third-order valence-electron chi connectivity index (χ3n) is 4.03. The maximum absolute atomic E-state index is 14.5. The highest BCUT2D eigenvalue weighted by Crippen LogP contribution is 2.33. The van der Waals surface area contributed by atoms with Gasteiger partial charge < -0.3 is 0 Å². The Hall–Kier alpha value is -2.67. The number of nitrogens with zero attached hydrogens (tertiary/aromatic N) is 2. The maximum atomic E-state index is 14.5. The van der Waals surface area contributed by atoms with Crippen LogP contribution in [-0.2, 0) is 16.6 Å². The van der Waals surface area contributed by atoms with Crippen LogP contribution >= 0.6 is 0 Å². The van der Waals surface area contributed by atoms with Crippen LogP contribution in [0.3, 0.4) is 0 Å². The monoisotopic (exact) mass is 343 g/mol. The molecule has 3 aromatic rings. The molecule has 0 atom stereocenters. The fraction of sp³-hybridized carbons (Fsp3) is 0.118. The molecule has 1 aromatic heterocycles. The van der Waals surface area contributed by atoms with Gasteiger partial charge in [0.15, 0.2) is 0 Å². The SMILES string of the molecule is O=S1(=O)CCn2ncc(-c3ccc(-c4ccccc4)c(F)c3)c2N1. The molecule has 0 radical (unpaired) electrons. The first-order valence-electron chi connectivity index (χ1n) is 7.45. The second kappa shape index (κ2) is 5.45. The number of anilines is 1. The number of hydrogen-bond donors (Lipinski definition) is 1. The Kier molecular flexibility index (Phi) is 3.38. The molecule has 4 rings (SSSR count). The molecular formula is C17H14FN3O2S. The van der Waals surface area contributed by atoms with E-state index >= 15 is 0 Å². The van der Waals surface area contributed by atoms with Crippen LogP contribution in [0.15, 0.2) is 54.7 Å². The van der Waals surface area contributed by atoms with Gasteiger partial charge in [-0.2, -0.15) is 5.10 Å². The Morgan fingerprint density at radius 2 is 1.83 bits per heavy atom. The van der Waals surface area contributed by atoms with E-state index in [-0.39, 0.29) is 18.1 Å². The highest BCUT2D eigenvalue weighted by Gasteiger charge is 2.24. The van der Waals surface area contributed by atoms with E-state index in [0.717, 1.165) is 5.56 Å². The summed E-state index contributed by atoms with van der Waals surface area (Å²) in [5.41, 5.74) is 2.44. The molecule has 1 aliphatic rings. The van der Waals surface area contributed by atoms with Gasteiger partial charge in [0.25, 0.3) is 0 Å². The van der Waals surface area contributed by atoms with Crippen molar-refractivity contribution >= 4 is 15.8 Å². The number of nitrogens with one attached hydrogen (secondary N) is 1. The van der Waals surface area contributed by atoms with Crippen molar-refractivity contribution in [1.82, 2.24) is 9.78 Å². The van der Waals surface area contributed by atoms with Crippen LogP contribution in [0, 0.1) is 5.82 Å². The smallest absolute Gasteiger partial charge is 0.235 e. The molecule has 0 spiro atoms. The first-order chi connectivity index (χ1) is 11.5. The number of aromatic nitrogens is 2. The van der Waals surface area contributed by atoms with E-state index in [2.05, 4.69) is 9.82 Å². The minimum absolute atomic E-state index is 0.0115. The van der Waals surface area contributed by atoms with Crippen LogP contribution in [0.5, 0.6) is 0 Å². The lowest BCUT2D eigenvalue weighted by molar-refractivity contribution is 0.577. The van der Waals surface area contributed by atoms with Crippen LogP contribution in [0.4, 0.5) is 10.2 Å². The van der Waals surface area contributed by atoms with Gasteiger partial charge in [-0.25, -0.2) is 17.5 Å². The van der Waals surface area contributed by atoms with Gasteiger partial charge in [-0.3, -0.25) is 4.72 Å². The van der Waals surface area contributed by atoms with Crippen molar-refractivity contribution in [2.24, 2.45) is 0 Å². The van der Waals surface area contributed by atoms with Crippen molar-refractivity contribution in [2.75, 3.05) is 10.5 Å². The van der Waals surface area contributed by atoms with E-state index in [1.807, 2.05) is 30.3 Å². The second-order valence-electron chi connectivity index (χ2n) is 5.61. The molecule has 0 unspecified atom stereocenters. The van der Waals surface area contributed by atoms with E-state index in [1.165, 1.54) is 6.07 Å². The highest BCUT2D eigenvalue weighted by atomic mass is 32.2. The van der Waals surface area contributed by atoms with Crippen molar-refractivity contribution in [3.63, 3.8) is 0 Å². The van der Waals surface area contributed by atoms with Crippen molar-refractivity contribution in [3.8, 4) is 22.3 Å². The van der Waals surface area contributed by atoms with E-state index in [9.17, 15) is 12.8 Å². The topological polar surface area (TPSA) is 64.0 Å². The van der Waals surface area contributed by atoms with E-state index in [4.69, 9.17) is 0 Å². The minimum Gasteiger partial charge on any atom is -0.267 e. The average Bonchev–Trinajstić information content (AvgIpc) is 2.97. The zero-order valence-corrected chi connectivity index (χ0v) is 13.4. The molecular weight excluding hydrogens is 329 g/mol. The molecule has 0 saturated carbocycles. The molecule has 7 heteroatoms. The highest BCUT2D eigenvalue weighted by molar-refractivity contribution is 7.92. The summed E-state index contributed by atoms with van der Waals surface area (Å²) < 4.78 is 42.2. The Balaban J connectivity index is 1.77. The molecule has 0 bridgehead atoms. The number of hydrogen-bond acceptors (Lipinski definition) is 3. The standard InChI is InChI=1S/C17H14FN3O2S/c18-16-10-13(6-7-14(16)12-4-2-1-3-5-12)15-11-19-21-8-9-24(22,23)20-17(15)21/h1-7,10-11,20H,8-9H2. The van der Waals surface area contributed by atoms with Gasteiger partial charge in [-0.1, -0.05) is 42.5 Å². The van der Waals surface area contributed by atoms with Crippen LogP contribution < -0.4 is 4.72 Å². The Labute approximate surface area is 138 Å². The van der Waals surface area contributed by atoms with Crippen LogP contribution in [0.2, 0.25) is 0 Å². The zero-order valence-electron chi connectivity index (χ0n) is 12.6. The average molecular weight is 343 g/mol. The van der Waals surface area contributed by atoms with Crippen molar-refractivity contribution < 1.29 is 12.8 Å². The lowest BCUT2D eigenvalue weighted by Gasteiger charge is -2.17. The van der Waals surface area contributed by atoms with Gasteiger partial charge in [0.1, 0.15) is 11.6 Å². The molecule has 1 aliphatic heterocycles. The molecule has 122 valence electrons. The van der Waals surface area contributed by atoms with Crippen molar-refractivity contribution in [3.05, 3.63) is 60.5 Å². The Morgan fingerprint density at radius 1 is 1.04 bits per heavy atom. The summed E-state index contributed by atoms with van der Waals surface area (Å²) in [4.78, 5) is 0. The molecule has 0 aliphatic carbocycles. The van der Waals surface area contributed by atoms with E-state index < -0.39 is 10.0 Å². The number of rotatable bonds is 2. The van der Waals surface area contributed by atoms with Crippen LogP contribution in [-0.4, -0.2) is 24.0 Å². The minimum atomic E-state index is -3.36. The second-order valence-corrected chi connectivity index (χ2v) is 7.45. The number of fused-ring (bicyclic) bond motifs is 1. The van der Waals surface area contributed by atoms with Gasteiger partial charge >= 0.3 is 0 Å². The largest absolute Gasteiger partial charge is 0.267 e. The molecule has 2 aromatic carbocycles. The normalized spacial score (nSPS) is 15.5. The molecule has 2 heterocycles. The third kappa shape index (κ3) is 2.56. The molecule has 0 fully saturated rings. The van der Waals surface area contributed by atoms with Crippen molar-refractivity contribution in [1.29, 1.82) is 0 Å². The fourth-order valence-electron chi connectivity index (χ4n) is 2.81. The quantitative estimate of drug-likeness (QED) is 0.778. The molecule has 5 nitrogen and oxygen atoms in total. The summed E-state index contributed by atoms with van der Waals surface area (Å²) >= 11 is 0. The third-order valence-corrected chi connectivity index (χ3v) is 5.25. The summed E-state index contributed by atoms with van der Waals surface area (Å²) in [5.74, 6) is 0.00743. The predicted octanol–water partition coefficient (Wildman–Crippen LogP) is 3.11. The number of benzene rings is 2. The Morgan fingerprint density at radius 3 is 2.58 bits per heavy atom. The lowest BCUT2D eigenvalue weighted by atomic mass is 10.0. The number of sulfonamides is 1. The first kappa shape index (κ1) is 14.9. The number of aryl methyl sites for hydroxylation is 1. The lowest BCUT2D eigenvalue weighted by Crippen LogP contribution is -2.28. The Bertz CT molecular complexity index is 1010. The van der Waals surface area contributed by atoms with Gasteiger partial charge in [0, 0.05) is 11.1 Å². The van der Waals surface area contributed by atoms with Crippen LogP contribution in [0.1, 0.15) is 0 Å². The number of halogens is 1. The summed E-state index contributed by atoms with van der Waals surface area (Å²) in [7, 11) is -3.36. The molecule has 1 N–H and O–H groups in total. The van der Waals surface area contributed by atoms with E-state index in [0.29, 0.717) is 22.5 Å². The summed E-state index contributed by atoms with van der Waals surface area (Å²) in [6, 6.07) is 14.1.